The van der Waals surface area contributed by atoms with Crippen LogP contribution in [0.2, 0.25) is 0 Å². The summed E-state index contributed by atoms with van der Waals surface area (Å²) in [5.74, 6) is 1.50. The lowest BCUT2D eigenvalue weighted by molar-refractivity contribution is 0.102. The highest BCUT2D eigenvalue weighted by atomic mass is 32.2. The second-order valence-electron chi connectivity index (χ2n) is 2.77. The molecule has 0 heterocycles. The predicted octanol–water partition coefficient (Wildman–Crippen LogP) is 2.49. The molecule has 3 heteroatoms. The van der Waals surface area contributed by atoms with Gasteiger partial charge in [-0.15, -0.1) is 18.3 Å². The number of aromatic hydroxyl groups is 1. The van der Waals surface area contributed by atoms with E-state index >= 15 is 0 Å². The van der Waals surface area contributed by atoms with Gasteiger partial charge >= 0.3 is 0 Å². The second kappa shape index (κ2) is 5.50. The standard InChI is InChI=1S/C11H12O2S/c1-2-7-14-8-11(13)9-3-5-10(12)6-4-9/h2-6,12H,1,7-8H2. The van der Waals surface area contributed by atoms with Crippen molar-refractivity contribution < 1.29 is 9.90 Å². The molecule has 0 bridgehead atoms. The molecule has 0 saturated carbocycles. The molecule has 74 valence electrons. The number of thioether (sulfide) groups is 1. The molecule has 0 unspecified atom stereocenters. The molecular weight excluding hydrogens is 196 g/mol. The Kier molecular flexibility index (Phi) is 4.26. The average molecular weight is 208 g/mol. The number of phenolic OH excluding ortho intramolecular Hbond substituents is 1. The number of rotatable bonds is 5. The van der Waals surface area contributed by atoms with Gasteiger partial charge in [-0.1, -0.05) is 6.08 Å². The summed E-state index contributed by atoms with van der Waals surface area (Å²) in [4.78, 5) is 11.5. The third kappa shape index (κ3) is 3.26. The van der Waals surface area contributed by atoms with Gasteiger partial charge in [-0.25, -0.2) is 0 Å². The van der Waals surface area contributed by atoms with E-state index < -0.39 is 0 Å². The number of hydrogen-bond donors (Lipinski definition) is 1. The fraction of sp³-hybridized carbons (Fsp3) is 0.182. The number of ketones is 1. The molecular formula is C11H12O2S. The molecule has 1 N–H and O–H groups in total. The number of carbonyl (C=O) groups excluding carboxylic acids is 1. The molecule has 14 heavy (non-hydrogen) atoms. The summed E-state index contributed by atoms with van der Waals surface area (Å²) in [5, 5.41) is 9.02. The van der Waals surface area contributed by atoms with Crippen molar-refractivity contribution in [3.63, 3.8) is 0 Å². The first-order chi connectivity index (χ1) is 6.74. The quantitative estimate of drug-likeness (QED) is 0.459. The zero-order valence-corrected chi connectivity index (χ0v) is 8.59. The minimum atomic E-state index is 0.0804. The summed E-state index contributed by atoms with van der Waals surface area (Å²) in [7, 11) is 0. The first-order valence-electron chi connectivity index (χ1n) is 4.25. The van der Waals surface area contributed by atoms with Gasteiger partial charge in [0.25, 0.3) is 0 Å². The van der Waals surface area contributed by atoms with E-state index in [0.717, 1.165) is 5.75 Å². The summed E-state index contributed by atoms with van der Waals surface area (Å²) >= 11 is 1.53. The van der Waals surface area contributed by atoms with Gasteiger partial charge in [0.2, 0.25) is 0 Å². The largest absolute Gasteiger partial charge is 0.508 e. The third-order valence-electron chi connectivity index (χ3n) is 1.66. The summed E-state index contributed by atoms with van der Waals surface area (Å²) < 4.78 is 0. The van der Waals surface area contributed by atoms with Gasteiger partial charge in [-0.05, 0) is 24.3 Å². The Labute approximate surface area is 87.6 Å². The Balaban J connectivity index is 2.52. The smallest absolute Gasteiger partial charge is 0.172 e. The van der Waals surface area contributed by atoms with Crippen molar-refractivity contribution >= 4 is 17.5 Å². The van der Waals surface area contributed by atoms with Gasteiger partial charge in [0, 0.05) is 11.3 Å². The van der Waals surface area contributed by atoms with Gasteiger partial charge in [-0.3, -0.25) is 4.79 Å². The Morgan fingerprint density at radius 3 is 2.64 bits per heavy atom. The van der Waals surface area contributed by atoms with Crippen molar-refractivity contribution in [2.45, 2.75) is 0 Å². The molecule has 0 saturated heterocycles. The number of benzene rings is 1. The number of hydrogen-bond acceptors (Lipinski definition) is 3. The maximum absolute atomic E-state index is 11.5. The number of Topliss-reactive ketones (excluding diaryl/α,β-unsaturated/α-hetero) is 1. The minimum Gasteiger partial charge on any atom is -0.508 e. The van der Waals surface area contributed by atoms with E-state index in [2.05, 4.69) is 6.58 Å². The number of phenols is 1. The maximum atomic E-state index is 11.5. The van der Waals surface area contributed by atoms with Crippen molar-refractivity contribution in [1.82, 2.24) is 0 Å². The van der Waals surface area contributed by atoms with Crippen molar-refractivity contribution in [3.05, 3.63) is 42.5 Å². The fourth-order valence-corrected chi connectivity index (χ4v) is 1.60. The van der Waals surface area contributed by atoms with E-state index in [-0.39, 0.29) is 11.5 Å². The van der Waals surface area contributed by atoms with Crippen molar-refractivity contribution in [2.75, 3.05) is 11.5 Å². The van der Waals surface area contributed by atoms with Crippen LogP contribution in [-0.4, -0.2) is 22.4 Å². The lowest BCUT2D eigenvalue weighted by Gasteiger charge is -1.99. The van der Waals surface area contributed by atoms with Crippen LogP contribution in [-0.2, 0) is 0 Å². The molecule has 0 fully saturated rings. The topological polar surface area (TPSA) is 37.3 Å². The first kappa shape index (κ1) is 10.9. The Bertz CT molecular complexity index is 317. The van der Waals surface area contributed by atoms with E-state index in [1.807, 2.05) is 0 Å². The normalized spacial score (nSPS) is 9.71. The Morgan fingerprint density at radius 2 is 2.07 bits per heavy atom. The van der Waals surface area contributed by atoms with Crippen LogP contribution in [0, 0.1) is 0 Å². The van der Waals surface area contributed by atoms with Crippen molar-refractivity contribution in [1.29, 1.82) is 0 Å². The van der Waals surface area contributed by atoms with Crippen molar-refractivity contribution in [2.24, 2.45) is 0 Å². The Hall–Kier alpha value is -1.22. The second-order valence-corrected chi connectivity index (χ2v) is 3.80. The van der Waals surface area contributed by atoms with Crippen LogP contribution in [0.1, 0.15) is 10.4 Å². The highest BCUT2D eigenvalue weighted by Gasteiger charge is 2.04. The maximum Gasteiger partial charge on any atom is 0.172 e. The lowest BCUT2D eigenvalue weighted by Crippen LogP contribution is -2.01. The molecule has 1 rings (SSSR count). The molecule has 1 aromatic carbocycles. The van der Waals surface area contributed by atoms with Crippen LogP contribution in [0.3, 0.4) is 0 Å². The molecule has 0 aliphatic carbocycles. The average Bonchev–Trinajstić information content (AvgIpc) is 2.19. The monoisotopic (exact) mass is 208 g/mol. The van der Waals surface area contributed by atoms with Gasteiger partial charge in [0.15, 0.2) is 5.78 Å². The van der Waals surface area contributed by atoms with Crippen LogP contribution in [0.15, 0.2) is 36.9 Å². The van der Waals surface area contributed by atoms with Gasteiger partial charge in [0.05, 0.1) is 5.75 Å². The van der Waals surface area contributed by atoms with E-state index in [1.165, 1.54) is 23.9 Å². The highest BCUT2D eigenvalue weighted by molar-refractivity contribution is 8.00. The minimum absolute atomic E-state index is 0.0804. The van der Waals surface area contributed by atoms with Crippen LogP contribution in [0.25, 0.3) is 0 Å². The van der Waals surface area contributed by atoms with Crippen molar-refractivity contribution in [3.8, 4) is 5.75 Å². The van der Waals surface area contributed by atoms with Crippen LogP contribution < -0.4 is 0 Å². The van der Waals surface area contributed by atoms with Gasteiger partial charge in [0.1, 0.15) is 5.75 Å². The van der Waals surface area contributed by atoms with E-state index in [1.54, 1.807) is 18.2 Å². The molecule has 0 aliphatic rings. The molecule has 0 atom stereocenters. The molecule has 0 radical (unpaired) electrons. The molecule has 0 aliphatic heterocycles. The van der Waals surface area contributed by atoms with Crippen LogP contribution in [0.5, 0.6) is 5.75 Å². The summed E-state index contributed by atoms with van der Waals surface area (Å²) in [6.07, 6.45) is 1.77. The lowest BCUT2D eigenvalue weighted by atomic mass is 10.1. The molecule has 2 nitrogen and oxygen atoms in total. The van der Waals surface area contributed by atoms with E-state index in [0.29, 0.717) is 11.3 Å². The predicted molar refractivity (Wildman–Crippen MR) is 60.0 cm³/mol. The highest BCUT2D eigenvalue weighted by Crippen LogP contribution is 2.12. The van der Waals surface area contributed by atoms with E-state index in [4.69, 9.17) is 5.11 Å². The summed E-state index contributed by atoms with van der Waals surface area (Å²) in [5.41, 5.74) is 0.638. The van der Waals surface area contributed by atoms with Crippen LogP contribution >= 0.6 is 11.8 Å². The summed E-state index contributed by atoms with van der Waals surface area (Å²) in [6, 6.07) is 6.30. The molecule has 0 amide bonds. The van der Waals surface area contributed by atoms with E-state index in [9.17, 15) is 4.79 Å². The Morgan fingerprint density at radius 1 is 1.43 bits per heavy atom. The van der Waals surface area contributed by atoms with Crippen LogP contribution in [0.4, 0.5) is 0 Å². The fourth-order valence-electron chi connectivity index (χ4n) is 0.966. The molecule has 0 spiro atoms. The SMILES string of the molecule is C=CCSCC(=O)c1ccc(O)cc1. The third-order valence-corrected chi connectivity index (χ3v) is 2.60. The zero-order valence-electron chi connectivity index (χ0n) is 7.77. The first-order valence-corrected chi connectivity index (χ1v) is 5.40. The number of carbonyl (C=O) groups is 1. The van der Waals surface area contributed by atoms with Gasteiger partial charge < -0.3 is 5.11 Å². The zero-order chi connectivity index (χ0) is 10.4. The molecule has 1 aromatic rings. The van der Waals surface area contributed by atoms with Gasteiger partial charge in [-0.2, -0.15) is 0 Å². The summed E-state index contributed by atoms with van der Waals surface area (Å²) in [6.45, 7) is 3.58. The molecule has 0 aromatic heterocycles.